The van der Waals surface area contributed by atoms with Gasteiger partial charge in [-0.3, -0.25) is 0 Å². The number of hydrogen-bond donors (Lipinski definition) is 1. The van der Waals surface area contributed by atoms with Crippen LogP contribution < -0.4 is 0 Å². The fourth-order valence-electron chi connectivity index (χ4n) is 2.74. The average molecular weight is 180 g/mol. The van der Waals surface area contributed by atoms with Gasteiger partial charge < -0.3 is 5.11 Å². The number of aliphatic hydroxyl groups excluding tert-OH is 1. The van der Waals surface area contributed by atoms with E-state index >= 15 is 0 Å². The third kappa shape index (κ3) is 2.34. The zero-order chi connectivity index (χ0) is 9.10. The van der Waals surface area contributed by atoms with Gasteiger partial charge in [0.2, 0.25) is 0 Å². The maximum absolute atomic E-state index is 9.53. The van der Waals surface area contributed by atoms with Crippen LogP contribution in [0.3, 0.4) is 0 Å². The maximum atomic E-state index is 9.53. The molecule has 1 atom stereocenters. The second-order valence-corrected chi connectivity index (χ2v) is 4.54. The van der Waals surface area contributed by atoms with Crippen LogP contribution in [0.5, 0.6) is 0 Å². The first-order valence-corrected chi connectivity index (χ1v) is 5.75. The molecule has 0 aliphatic heterocycles. The molecule has 1 unspecified atom stereocenters. The van der Waals surface area contributed by atoms with Gasteiger partial charge in [-0.25, -0.2) is 0 Å². The van der Waals surface area contributed by atoms with Crippen molar-refractivity contribution in [3.63, 3.8) is 0 Å². The lowest BCUT2D eigenvalue weighted by Crippen LogP contribution is -2.16. The first-order chi connectivity index (χ1) is 6.36. The van der Waals surface area contributed by atoms with Crippen LogP contribution in [0.15, 0.2) is 11.6 Å². The van der Waals surface area contributed by atoms with Gasteiger partial charge in [-0.15, -0.1) is 0 Å². The molecule has 2 aliphatic rings. The van der Waals surface area contributed by atoms with Gasteiger partial charge in [0.15, 0.2) is 0 Å². The van der Waals surface area contributed by atoms with Crippen molar-refractivity contribution < 1.29 is 5.11 Å². The molecule has 1 heteroatoms. The van der Waals surface area contributed by atoms with Gasteiger partial charge in [-0.2, -0.15) is 0 Å². The Kier molecular flexibility index (Phi) is 3.05. The predicted octanol–water partition coefficient (Wildman–Crippen LogP) is 3.04. The van der Waals surface area contributed by atoms with Crippen LogP contribution in [-0.2, 0) is 0 Å². The molecule has 2 rings (SSSR count). The lowest BCUT2D eigenvalue weighted by Gasteiger charge is -2.28. The fraction of sp³-hybridized carbons (Fsp3) is 0.833. The van der Waals surface area contributed by atoms with Crippen LogP contribution in [0.4, 0.5) is 0 Å². The highest BCUT2D eigenvalue weighted by Crippen LogP contribution is 2.34. The van der Waals surface area contributed by atoms with Crippen molar-refractivity contribution in [1.82, 2.24) is 0 Å². The summed E-state index contributed by atoms with van der Waals surface area (Å²) in [5, 5.41) is 9.53. The van der Waals surface area contributed by atoms with Gasteiger partial charge >= 0.3 is 0 Å². The summed E-state index contributed by atoms with van der Waals surface area (Å²) in [4.78, 5) is 0. The Labute approximate surface area is 80.8 Å². The van der Waals surface area contributed by atoms with Crippen LogP contribution >= 0.6 is 0 Å². The molecule has 1 nitrogen and oxygen atoms in total. The van der Waals surface area contributed by atoms with Crippen LogP contribution in [0.1, 0.15) is 51.4 Å². The number of hydrogen-bond acceptors (Lipinski definition) is 1. The second-order valence-electron chi connectivity index (χ2n) is 4.54. The largest absolute Gasteiger partial charge is 0.389 e. The van der Waals surface area contributed by atoms with Crippen molar-refractivity contribution in [3.05, 3.63) is 11.6 Å². The molecule has 2 aliphatic carbocycles. The SMILES string of the molecule is OC1C=C(C2CCCCC2)CCC1. The molecule has 0 aromatic heterocycles. The zero-order valence-corrected chi connectivity index (χ0v) is 8.34. The molecular formula is C12H20O. The predicted molar refractivity (Wildman–Crippen MR) is 54.5 cm³/mol. The summed E-state index contributed by atoms with van der Waals surface area (Å²) in [5.41, 5.74) is 1.57. The quantitative estimate of drug-likeness (QED) is 0.615. The summed E-state index contributed by atoms with van der Waals surface area (Å²) in [5.74, 6) is 0.823. The van der Waals surface area contributed by atoms with Crippen molar-refractivity contribution in [2.75, 3.05) is 0 Å². The second kappa shape index (κ2) is 4.28. The molecule has 0 heterocycles. The van der Waals surface area contributed by atoms with E-state index in [0.717, 1.165) is 12.3 Å². The zero-order valence-electron chi connectivity index (χ0n) is 8.34. The Morgan fingerprint density at radius 3 is 2.46 bits per heavy atom. The van der Waals surface area contributed by atoms with E-state index in [9.17, 15) is 5.11 Å². The van der Waals surface area contributed by atoms with Crippen molar-refractivity contribution in [3.8, 4) is 0 Å². The van der Waals surface area contributed by atoms with E-state index in [4.69, 9.17) is 0 Å². The molecular weight excluding hydrogens is 160 g/mol. The highest BCUT2D eigenvalue weighted by Gasteiger charge is 2.20. The Bertz CT molecular complexity index is 189. The van der Waals surface area contributed by atoms with E-state index in [-0.39, 0.29) is 6.10 Å². The molecule has 13 heavy (non-hydrogen) atoms. The van der Waals surface area contributed by atoms with E-state index < -0.39 is 0 Å². The summed E-state index contributed by atoms with van der Waals surface area (Å²) >= 11 is 0. The molecule has 1 N–H and O–H groups in total. The minimum absolute atomic E-state index is 0.134. The van der Waals surface area contributed by atoms with Crippen molar-refractivity contribution >= 4 is 0 Å². The summed E-state index contributed by atoms with van der Waals surface area (Å²) < 4.78 is 0. The van der Waals surface area contributed by atoms with Gasteiger partial charge in [0.1, 0.15) is 0 Å². The van der Waals surface area contributed by atoms with Gasteiger partial charge in [-0.1, -0.05) is 30.9 Å². The fourth-order valence-corrected chi connectivity index (χ4v) is 2.74. The monoisotopic (exact) mass is 180 g/mol. The molecule has 0 amide bonds. The molecule has 0 radical (unpaired) electrons. The number of aliphatic hydroxyl groups is 1. The number of allylic oxidation sites excluding steroid dienone is 1. The van der Waals surface area contributed by atoms with E-state index in [1.165, 1.54) is 44.9 Å². The van der Waals surface area contributed by atoms with E-state index in [0.29, 0.717) is 0 Å². The minimum atomic E-state index is -0.134. The summed E-state index contributed by atoms with van der Waals surface area (Å²) in [6.07, 6.45) is 12.4. The van der Waals surface area contributed by atoms with Gasteiger partial charge in [0, 0.05) is 0 Å². The molecule has 0 bridgehead atoms. The van der Waals surface area contributed by atoms with Crippen molar-refractivity contribution in [1.29, 1.82) is 0 Å². The lowest BCUT2D eigenvalue weighted by molar-refractivity contribution is 0.197. The van der Waals surface area contributed by atoms with Crippen LogP contribution in [-0.4, -0.2) is 11.2 Å². The Balaban J connectivity index is 1.97. The van der Waals surface area contributed by atoms with Gasteiger partial charge in [0.25, 0.3) is 0 Å². The maximum Gasteiger partial charge on any atom is 0.0723 e. The normalized spacial score (nSPS) is 31.5. The molecule has 0 saturated heterocycles. The third-order valence-corrected chi connectivity index (χ3v) is 3.50. The number of rotatable bonds is 1. The van der Waals surface area contributed by atoms with E-state index in [1.807, 2.05) is 0 Å². The van der Waals surface area contributed by atoms with Crippen LogP contribution in [0.2, 0.25) is 0 Å². The lowest BCUT2D eigenvalue weighted by atomic mass is 9.79. The van der Waals surface area contributed by atoms with Crippen LogP contribution in [0.25, 0.3) is 0 Å². The molecule has 0 aromatic carbocycles. The molecule has 1 fully saturated rings. The molecule has 74 valence electrons. The highest BCUT2D eigenvalue weighted by atomic mass is 16.3. The standard InChI is InChI=1S/C12H20O/c13-12-8-4-7-11(9-12)10-5-2-1-3-6-10/h9-10,12-13H,1-8H2. The van der Waals surface area contributed by atoms with Crippen molar-refractivity contribution in [2.24, 2.45) is 5.92 Å². The topological polar surface area (TPSA) is 20.2 Å². The molecule has 0 spiro atoms. The average Bonchev–Trinajstić information content (AvgIpc) is 2.19. The summed E-state index contributed by atoms with van der Waals surface area (Å²) in [6, 6.07) is 0. The highest BCUT2D eigenvalue weighted by molar-refractivity contribution is 5.12. The Morgan fingerprint density at radius 2 is 1.77 bits per heavy atom. The van der Waals surface area contributed by atoms with Gasteiger partial charge in [-0.05, 0) is 38.0 Å². The van der Waals surface area contributed by atoms with Gasteiger partial charge in [0.05, 0.1) is 6.10 Å². The smallest absolute Gasteiger partial charge is 0.0723 e. The Morgan fingerprint density at radius 1 is 1.00 bits per heavy atom. The third-order valence-electron chi connectivity index (χ3n) is 3.50. The van der Waals surface area contributed by atoms with E-state index in [1.54, 1.807) is 5.57 Å². The van der Waals surface area contributed by atoms with E-state index in [2.05, 4.69) is 6.08 Å². The Hall–Kier alpha value is -0.300. The summed E-state index contributed by atoms with van der Waals surface area (Å²) in [7, 11) is 0. The first-order valence-electron chi connectivity index (χ1n) is 5.75. The van der Waals surface area contributed by atoms with Crippen molar-refractivity contribution in [2.45, 2.75) is 57.5 Å². The first kappa shape index (κ1) is 9.26. The minimum Gasteiger partial charge on any atom is -0.389 e. The summed E-state index contributed by atoms with van der Waals surface area (Å²) in [6.45, 7) is 0. The van der Waals surface area contributed by atoms with Crippen LogP contribution in [0, 0.1) is 5.92 Å². The molecule has 0 aromatic rings. The molecule has 1 saturated carbocycles.